The van der Waals surface area contributed by atoms with Crippen LogP contribution in [0.4, 0.5) is 5.69 Å². The van der Waals surface area contributed by atoms with E-state index in [1.807, 2.05) is 0 Å². The largest absolute Gasteiger partial charge is 0.383 e. The Kier molecular flexibility index (Phi) is 7.32. The molecule has 1 heterocycles. The lowest BCUT2D eigenvalue weighted by molar-refractivity contribution is -0.130. The Morgan fingerprint density at radius 2 is 2.10 bits per heavy atom. The maximum atomic E-state index is 12.6. The number of rotatable bonds is 10. The summed E-state index contributed by atoms with van der Waals surface area (Å²) in [5.74, 6) is 0.323. The average Bonchev–Trinajstić information content (AvgIpc) is 3.63. The molecule has 162 valence electrons. The number of hydrogen-bond acceptors (Lipinski definition) is 7. The standard InChI is InChI=1S/C23H27N5O3/c1-15(23(30)28(2)8-9-31-3)27-20-10-17(6-7-18(20)12-24)21-14-25-19(13-26-21)11-22(29)16-4-5-16/h6-7,10,13-16,27H,4-5,8-9,11H2,1-3H3/t15-/m0/s1. The SMILES string of the molecule is COCCN(C)C(=O)[C@H](C)Nc1cc(-c2cnc(CC(=O)C3CC3)cn2)ccc1C#N. The number of likely N-dealkylation sites (N-methyl/N-ethyl adjacent to an activating group) is 1. The summed E-state index contributed by atoms with van der Waals surface area (Å²) in [5, 5.41) is 12.6. The van der Waals surface area contributed by atoms with Gasteiger partial charge in [-0.05, 0) is 31.9 Å². The van der Waals surface area contributed by atoms with Crippen molar-refractivity contribution in [2.24, 2.45) is 5.92 Å². The van der Waals surface area contributed by atoms with E-state index in [-0.39, 0.29) is 17.6 Å². The fraction of sp³-hybridized carbons (Fsp3) is 0.435. The van der Waals surface area contributed by atoms with Crippen LogP contribution in [-0.4, -0.2) is 59.9 Å². The Morgan fingerprint density at radius 1 is 1.32 bits per heavy atom. The predicted octanol–water partition coefficient (Wildman–Crippen LogP) is 2.44. The number of nitrogens with zero attached hydrogens (tertiary/aromatic N) is 4. The summed E-state index contributed by atoms with van der Waals surface area (Å²) in [6, 6.07) is 6.90. The summed E-state index contributed by atoms with van der Waals surface area (Å²) >= 11 is 0. The summed E-state index contributed by atoms with van der Waals surface area (Å²) in [7, 11) is 3.30. The maximum Gasteiger partial charge on any atom is 0.244 e. The topological polar surface area (TPSA) is 108 Å². The number of nitriles is 1. The van der Waals surface area contributed by atoms with Crippen molar-refractivity contribution in [1.82, 2.24) is 14.9 Å². The third kappa shape index (κ3) is 5.86. The third-order valence-electron chi connectivity index (χ3n) is 5.28. The molecule has 8 nitrogen and oxygen atoms in total. The number of methoxy groups -OCH3 is 1. The number of hydrogen-bond donors (Lipinski definition) is 1. The van der Waals surface area contributed by atoms with Crippen LogP contribution in [-0.2, 0) is 20.7 Å². The highest BCUT2D eigenvalue weighted by Crippen LogP contribution is 2.31. The van der Waals surface area contributed by atoms with Gasteiger partial charge in [0.05, 0.1) is 41.9 Å². The number of amides is 1. The molecule has 1 amide bonds. The summed E-state index contributed by atoms with van der Waals surface area (Å²) in [5.41, 5.74) is 3.04. The number of nitrogens with one attached hydrogen (secondary N) is 1. The Labute approximate surface area is 182 Å². The minimum Gasteiger partial charge on any atom is -0.383 e. The van der Waals surface area contributed by atoms with E-state index in [9.17, 15) is 14.9 Å². The monoisotopic (exact) mass is 421 g/mol. The van der Waals surface area contributed by atoms with E-state index in [2.05, 4.69) is 21.4 Å². The highest BCUT2D eigenvalue weighted by Gasteiger charge is 2.29. The van der Waals surface area contributed by atoms with E-state index >= 15 is 0 Å². The Hall–Kier alpha value is -3.31. The number of aromatic nitrogens is 2. The summed E-state index contributed by atoms with van der Waals surface area (Å²) < 4.78 is 5.02. The zero-order valence-corrected chi connectivity index (χ0v) is 18.1. The fourth-order valence-corrected chi connectivity index (χ4v) is 3.21. The molecule has 1 aromatic carbocycles. The molecule has 0 aliphatic heterocycles. The first kappa shape index (κ1) is 22.4. The molecule has 3 rings (SSSR count). The van der Waals surface area contributed by atoms with Crippen LogP contribution in [0, 0.1) is 17.2 Å². The van der Waals surface area contributed by atoms with Crippen LogP contribution in [0.1, 0.15) is 31.0 Å². The van der Waals surface area contributed by atoms with Gasteiger partial charge in [-0.25, -0.2) is 0 Å². The van der Waals surface area contributed by atoms with Crippen molar-refractivity contribution < 1.29 is 14.3 Å². The van der Waals surface area contributed by atoms with Crippen molar-refractivity contribution in [2.45, 2.75) is 32.2 Å². The first-order valence-corrected chi connectivity index (χ1v) is 10.3. The van der Waals surface area contributed by atoms with Gasteiger partial charge in [-0.3, -0.25) is 19.6 Å². The molecule has 1 aliphatic carbocycles. The van der Waals surface area contributed by atoms with E-state index in [4.69, 9.17) is 4.74 Å². The normalized spacial score (nSPS) is 13.9. The number of Topliss-reactive ketones (excluding diaryl/α,β-unsaturated/α-hetero) is 1. The Bertz CT molecular complexity index is 980. The van der Waals surface area contributed by atoms with Crippen LogP contribution in [0.25, 0.3) is 11.3 Å². The van der Waals surface area contributed by atoms with Crippen LogP contribution in [0.5, 0.6) is 0 Å². The van der Waals surface area contributed by atoms with Gasteiger partial charge in [-0.1, -0.05) is 6.07 Å². The van der Waals surface area contributed by atoms with Gasteiger partial charge in [0.1, 0.15) is 17.9 Å². The molecule has 1 saturated carbocycles. The van der Waals surface area contributed by atoms with E-state index in [0.717, 1.165) is 18.4 Å². The minimum atomic E-state index is -0.522. The molecule has 0 bridgehead atoms. The molecule has 31 heavy (non-hydrogen) atoms. The van der Waals surface area contributed by atoms with Gasteiger partial charge in [0.15, 0.2) is 0 Å². The molecular formula is C23H27N5O3. The Morgan fingerprint density at radius 3 is 2.71 bits per heavy atom. The predicted molar refractivity (Wildman–Crippen MR) is 116 cm³/mol. The van der Waals surface area contributed by atoms with Crippen molar-refractivity contribution in [3.05, 3.63) is 41.9 Å². The minimum absolute atomic E-state index is 0.101. The van der Waals surface area contributed by atoms with E-state index in [1.54, 1.807) is 56.6 Å². The van der Waals surface area contributed by atoms with E-state index in [1.165, 1.54) is 0 Å². The summed E-state index contributed by atoms with van der Waals surface area (Å²) in [6.45, 7) is 2.69. The van der Waals surface area contributed by atoms with Crippen LogP contribution in [0.15, 0.2) is 30.6 Å². The van der Waals surface area contributed by atoms with Crippen molar-refractivity contribution in [2.75, 3.05) is 32.6 Å². The highest BCUT2D eigenvalue weighted by atomic mass is 16.5. The number of ketones is 1. The van der Waals surface area contributed by atoms with Gasteiger partial charge in [-0.15, -0.1) is 0 Å². The zero-order valence-electron chi connectivity index (χ0n) is 18.1. The van der Waals surface area contributed by atoms with E-state index in [0.29, 0.717) is 42.2 Å². The van der Waals surface area contributed by atoms with Gasteiger partial charge < -0.3 is 15.0 Å². The molecule has 0 saturated heterocycles. The molecule has 0 unspecified atom stereocenters. The molecule has 1 fully saturated rings. The summed E-state index contributed by atoms with van der Waals surface area (Å²) in [6.07, 6.45) is 5.53. The van der Waals surface area contributed by atoms with Gasteiger partial charge in [0.25, 0.3) is 0 Å². The molecule has 1 aliphatic rings. The second-order valence-corrected chi connectivity index (χ2v) is 7.80. The third-order valence-corrected chi connectivity index (χ3v) is 5.28. The molecule has 0 radical (unpaired) electrons. The number of ether oxygens (including phenoxy) is 1. The second-order valence-electron chi connectivity index (χ2n) is 7.80. The molecule has 0 spiro atoms. The maximum absolute atomic E-state index is 12.6. The van der Waals surface area contributed by atoms with Gasteiger partial charge in [0.2, 0.25) is 5.91 Å². The van der Waals surface area contributed by atoms with E-state index < -0.39 is 6.04 Å². The van der Waals surface area contributed by atoms with Crippen molar-refractivity contribution in [3.63, 3.8) is 0 Å². The van der Waals surface area contributed by atoms with Crippen molar-refractivity contribution in [1.29, 1.82) is 5.26 Å². The molecule has 1 atom stereocenters. The first-order valence-electron chi connectivity index (χ1n) is 10.3. The van der Waals surface area contributed by atoms with Crippen LogP contribution in [0.2, 0.25) is 0 Å². The lowest BCUT2D eigenvalue weighted by Crippen LogP contribution is -2.40. The van der Waals surface area contributed by atoms with Gasteiger partial charge in [0, 0.05) is 38.4 Å². The number of carbonyl (C=O) groups excluding carboxylic acids is 2. The second kappa shape index (κ2) is 10.1. The van der Waals surface area contributed by atoms with Gasteiger partial charge in [-0.2, -0.15) is 5.26 Å². The summed E-state index contributed by atoms with van der Waals surface area (Å²) in [4.78, 5) is 34.9. The van der Waals surface area contributed by atoms with Crippen LogP contribution in [0.3, 0.4) is 0 Å². The molecular weight excluding hydrogens is 394 g/mol. The average molecular weight is 422 g/mol. The fourth-order valence-electron chi connectivity index (χ4n) is 3.21. The molecule has 1 aromatic heterocycles. The first-order chi connectivity index (χ1) is 14.9. The molecule has 8 heteroatoms. The zero-order chi connectivity index (χ0) is 22.4. The Balaban J connectivity index is 1.73. The number of anilines is 1. The molecule has 1 N–H and O–H groups in total. The van der Waals surface area contributed by atoms with Crippen LogP contribution < -0.4 is 5.32 Å². The van der Waals surface area contributed by atoms with Gasteiger partial charge >= 0.3 is 0 Å². The highest BCUT2D eigenvalue weighted by molar-refractivity contribution is 5.85. The smallest absolute Gasteiger partial charge is 0.244 e. The van der Waals surface area contributed by atoms with Crippen molar-refractivity contribution >= 4 is 17.4 Å². The molecule has 2 aromatic rings. The van der Waals surface area contributed by atoms with Crippen LogP contribution >= 0.6 is 0 Å². The van der Waals surface area contributed by atoms with Crippen molar-refractivity contribution in [3.8, 4) is 17.3 Å². The number of carbonyl (C=O) groups is 2. The lowest BCUT2D eigenvalue weighted by atomic mass is 10.1. The number of benzene rings is 1. The lowest BCUT2D eigenvalue weighted by Gasteiger charge is -2.23. The quantitative estimate of drug-likeness (QED) is 0.628.